The molecule has 0 unspecified atom stereocenters. The van der Waals surface area contributed by atoms with Crippen molar-refractivity contribution in [2.75, 3.05) is 11.8 Å². The van der Waals surface area contributed by atoms with Crippen molar-refractivity contribution in [3.63, 3.8) is 0 Å². The Bertz CT molecular complexity index is 887. The lowest BCUT2D eigenvalue weighted by Crippen LogP contribution is -2.29. The summed E-state index contributed by atoms with van der Waals surface area (Å²) in [5.74, 6) is 0.809. The average Bonchev–Trinajstić information content (AvgIpc) is 3.04. The second-order valence-corrected chi connectivity index (χ2v) is 9.05. The number of nitrogens with zero attached hydrogens (tertiary/aromatic N) is 1. The monoisotopic (exact) mass is 420 g/mol. The normalized spacial score (nSPS) is 16.3. The van der Waals surface area contributed by atoms with Crippen LogP contribution < -0.4 is 9.46 Å². The van der Waals surface area contributed by atoms with E-state index in [1.54, 1.807) is 29.0 Å². The molecule has 0 spiro atoms. The molecule has 10 heteroatoms. The zero-order valence-corrected chi connectivity index (χ0v) is 16.2. The van der Waals surface area contributed by atoms with Gasteiger partial charge in [-0.25, -0.2) is 4.98 Å². The summed E-state index contributed by atoms with van der Waals surface area (Å²) >= 11 is 0.981. The number of sulfonamides is 1. The number of anilines is 1. The number of alkyl halides is 3. The lowest BCUT2D eigenvalue weighted by Gasteiger charge is -2.21. The Labute approximate surface area is 159 Å². The number of methoxy groups -OCH3 is 1. The van der Waals surface area contributed by atoms with E-state index in [4.69, 9.17) is 4.74 Å². The van der Waals surface area contributed by atoms with Gasteiger partial charge in [0.25, 0.3) is 0 Å². The maximum atomic E-state index is 12.7. The topological polar surface area (TPSA) is 68.3 Å². The highest BCUT2D eigenvalue weighted by molar-refractivity contribution is 7.93. The van der Waals surface area contributed by atoms with Crippen molar-refractivity contribution in [1.82, 2.24) is 4.98 Å². The van der Waals surface area contributed by atoms with Crippen LogP contribution in [0.3, 0.4) is 0 Å². The van der Waals surface area contributed by atoms with Gasteiger partial charge in [0.15, 0.2) is 5.13 Å². The fourth-order valence-electron chi connectivity index (χ4n) is 3.15. The number of hydrogen-bond donors (Lipinski definition) is 1. The molecule has 0 aliphatic heterocycles. The molecular weight excluding hydrogens is 401 g/mol. The molecule has 1 N–H and O–H groups in total. The first-order chi connectivity index (χ1) is 12.7. The molecule has 1 heterocycles. The summed E-state index contributed by atoms with van der Waals surface area (Å²) in [5.41, 5.74) is -4.15. The van der Waals surface area contributed by atoms with E-state index in [0.717, 1.165) is 48.3 Å². The van der Waals surface area contributed by atoms with Gasteiger partial charge in [-0.2, -0.15) is 21.6 Å². The number of hydrogen-bond acceptors (Lipinski definition) is 5. The molecule has 0 saturated heterocycles. The second kappa shape index (κ2) is 7.67. The van der Waals surface area contributed by atoms with Crippen LogP contribution in [0.25, 0.3) is 11.3 Å². The minimum absolute atomic E-state index is 0.164. The van der Waals surface area contributed by atoms with Crippen LogP contribution in [0.1, 0.15) is 42.9 Å². The molecule has 148 valence electrons. The molecule has 1 aliphatic carbocycles. The van der Waals surface area contributed by atoms with Gasteiger partial charge in [0.1, 0.15) is 5.75 Å². The zero-order chi connectivity index (χ0) is 19.7. The zero-order valence-electron chi connectivity index (χ0n) is 14.5. The predicted octanol–water partition coefficient (Wildman–Crippen LogP) is 5.13. The molecule has 2 aromatic rings. The Morgan fingerprint density at radius 2 is 1.78 bits per heavy atom. The fourth-order valence-corrected chi connectivity index (χ4v) is 5.04. The maximum absolute atomic E-state index is 12.7. The summed E-state index contributed by atoms with van der Waals surface area (Å²) in [5, 5.41) is -0.265. The van der Waals surface area contributed by atoms with Gasteiger partial charge in [-0.3, -0.25) is 4.72 Å². The van der Waals surface area contributed by atoms with Gasteiger partial charge in [0.2, 0.25) is 0 Å². The van der Waals surface area contributed by atoms with Gasteiger partial charge < -0.3 is 4.74 Å². The Balaban J connectivity index is 2.00. The van der Waals surface area contributed by atoms with Crippen LogP contribution in [0.4, 0.5) is 18.3 Å². The van der Waals surface area contributed by atoms with Crippen LogP contribution in [0.2, 0.25) is 0 Å². The number of ether oxygens (including phenoxy) is 1. The third-order valence-corrected chi connectivity index (χ3v) is 6.85. The largest absolute Gasteiger partial charge is 0.516 e. The second-order valence-electron chi connectivity index (χ2n) is 6.35. The van der Waals surface area contributed by atoms with Crippen LogP contribution in [0, 0.1) is 0 Å². The van der Waals surface area contributed by atoms with Gasteiger partial charge in [-0.15, -0.1) is 11.3 Å². The summed E-state index contributed by atoms with van der Waals surface area (Å²) in [7, 11) is -3.96. The first-order valence-corrected chi connectivity index (χ1v) is 10.8. The molecule has 0 amide bonds. The van der Waals surface area contributed by atoms with Crippen molar-refractivity contribution >= 4 is 26.5 Å². The molecule has 1 aromatic heterocycles. The van der Waals surface area contributed by atoms with E-state index in [-0.39, 0.29) is 11.0 Å². The molecule has 1 aliphatic rings. The molecule has 3 rings (SSSR count). The lowest BCUT2D eigenvalue weighted by atomic mass is 9.87. The van der Waals surface area contributed by atoms with E-state index in [9.17, 15) is 21.6 Å². The van der Waals surface area contributed by atoms with Crippen LogP contribution in [0.5, 0.6) is 5.75 Å². The highest BCUT2D eigenvalue weighted by atomic mass is 32.2. The maximum Gasteiger partial charge on any atom is 0.516 e. The molecule has 5 nitrogen and oxygen atoms in total. The Morgan fingerprint density at radius 3 is 2.33 bits per heavy atom. The van der Waals surface area contributed by atoms with Crippen LogP contribution in [0.15, 0.2) is 24.3 Å². The molecule has 27 heavy (non-hydrogen) atoms. The van der Waals surface area contributed by atoms with E-state index in [0.29, 0.717) is 17.0 Å². The van der Waals surface area contributed by atoms with Crippen molar-refractivity contribution in [2.45, 2.75) is 43.5 Å². The van der Waals surface area contributed by atoms with Crippen LogP contribution in [-0.2, 0) is 10.0 Å². The molecule has 0 radical (unpaired) electrons. The summed E-state index contributed by atoms with van der Waals surface area (Å²) < 4.78 is 67.7. The van der Waals surface area contributed by atoms with Gasteiger partial charge in [0.05, 0.1) is 12.8 Å². The first kappa shape index (κ1) is 19.9. The van der Waals surface area contributed by atoms with Crippen molar-refractivity contribution in [1.29, 1.82) is 0 Å². The quantitative estimate of drug-likeness (QED) is 0.728. The number of aromatic nitrogens is 1. The number of rotatable bonds is 5. The predicted molar refractivity (Wildman–Crippen MR) is 98.5 cm³/mol. The SMILES string of the molecule is COc1ccc(-c2nc(NS(=O)(=O)C(F)(F)F)sc2C2CCCCC2)cc1. The Kier molecular flexibility index (Phi) is 5.66. The average molecular weight is 420 g/mol. The summed E-state index contributed by atoms with van der Waals surface area (Å²) in [4.78, 5) is 5.02. The molecule has 1 saturated carbocycles. The van der Waals surface area contributed by atoms with Crippen molar-refractivity contribution in [3.8, 4) is 17.0 Å². The third-order valence-electron chi connectivity index (χ3n) is 4.52. The highest BCUT2D eigenvalue weighted by Crippen LogP contribution is 2.43. The van der Waals surface area contributed by atoms with E-state index in [2.05, 4.69) is 4.98 Å². The summed E-state index contributed by atoms with van der Waals surface area (Å²) in [6, 6.07) is 7.00. The van der Waals surface area contributed by atoms with E-state index < -0.39 is 15.5 Å². The lowest BCUT2D eigenvalue weighted by molar-refractivity contribution is -0.0429. The Hall–Kier alpha value is -1.81. The number of thiazole rings is 1. The molecule has 1 aromatic carbocycles. The number of nitrogens with one attached hydrogen (secondary N) is 1. The molecule has 0 bridgehead atoms. The van der Waals surface area contributed by atoms with Gasteiger partial charge in [0, 0.05) is 10.4 Å². The highest BCUT2D eigenvalue weighted by Gasteiger charge is 2.46. The van der Waals surface area contributed by atoms with Crippen molar-refractivity contribution in [3.05, 3.63) is 29.1 Å². The first-order valence-electron chi connectivity index (χ1n) is 8.45. The van der Waals surface area contributed by atoms with Crippen molar-refractivity contribution in [2.24, 2.45) is 0 Å². The molecule has 1 fully saturated rings. The smallest absolute Gasteiger partial charge is 0.497 e. The number of halogens is 3. The molecular formula is C17H19F3N2O3S2. The minimum Gasteiger partial charge on any atom is -0.497 e. The van der Waals surface area contributed by atoms with Gasteiger partial charge >= 0.3 is 15.5 Å². The van der Waals surface area contributed by atoms with Gasteiger partial charge in [-0.05, 0) is 43.0 Å². The van der Waals surface area contributed by atoms with E-state index in [1.165, 1.54) is 7.11 Å². The summed E-state index contributed by atoms with van der Waals surface area (Å²) in [6.45, 7) is 0. The van der Waals surface area contributed by atoms with E-state index in [1.807, 2.05) is 0 Å². The number of benzene rings is 1. The van der Waals surface area contributed by atoms with Crippen molar-refractivity contribution < 1.29 is 26.3 Å². The van der Waals surface area contributed by atoms with Crippen LogP contribution in [-0.4, -0.2) is 26.0 Å². The Morgan fingerprint density at radius 1 is 1.15 bits per heavy atom. The van der Waals surface area contributed by atoms with Gasteiger partial charge in [-0.1, -0.05) is 19.3 Å². The molecule has 0 atom stereocenters. The standard InChI is InChI=1S/C17H19F3N2O3S2/c1-25-13-9-7-11(8-10-13)14-15(12-5-3-2-4-6-12)26-16(21-14)22-27(23,24)17(18,19)20/h7-10,12H,2-6H2,1H3,(H,21,22). The summed E-state index contributed by atoms with van der Waals surface area (Å²) in [6.07, 6.45) is 5.02. The van der Waals surface area contributed by atoms with E-state index >= 15 is 0 Å². The minimum atomic E-state index is -5.50. The fraction of sp³-hybridized carbons (Fsp3) is 0.471. The van der Waals surface area contributed by atoms with Crippen LogP contribution >= 0.6 is 11.3 Å². The third kappa shape index (κ3) is 4.37.